The molecule has 2 unspecified atom stereocenters. The number of hydrogen-bond donors (Lipinski definition) is 1. The van der Waals surface area contributed by atoms with Crippen LogP contribution in [0.25, 0.3) is 0 Å². The van der Waals surface area contributed by atoms with Gasteiger partial charge in [-0.1, -0.05) is 19.9 Å². The lowest BCUT2D eigenvalue weighted by Gasteiger charge is -2.39. The summed E-state index contributed by atoms with van der Waals surface area (Å²) in [6, 6.07) is 2.80. The summed E-state index contributed by atoms with van der Waals surface area (Å²) in [4.78, 5) is 0. The van der Waals surface area contributed by atoms with E-state index in [4.69, 9.17) is 0 Å². The highest BCUT2D eigenvalue weighted by Crippen LogP contribution is 2.44. The molecule has 112 valence electrons. The van der Waals surface area contributed by atoms with Crippen molar-refractivity contribution in [1.82, 2.24) is 0 Å². The van der Waals surface area contributed by atoms with E-state index in [2.05, 4.69) is 0 Å². The van der Waals surface area contributed by atoms with Crippen LogP contribution >= 0.6 is 0 Å². The molecule has 5 heteroatoms. The van der Waals surface area contributed by atoms with Crippen molar-refractivity contribution in [3.63, 3.8) is 0 Å². The van der Waals surface area contributed by atoms with Crippen LogP contribution in [0, 0.1) is 17.7 Å². The van der Waals surface area contributed by atoms with Crippen LogP contribution in [0.4, 0.5) is 17.6 Å². The van der Waals surface area contributed by atoms with Crippen LogP contribution in [0.5, 0.6) is 0 Å². The van der Waals surface area contributed by atoms with Gasteiger partial charge < -0.3 is 5.11 Å². The van der Waals surface area contributed by atoms with E-state index in [-0.39, 0.29) is 17.4 Å². The molecule has 0 radical (unpaired) electrons. The zero-order valence-electron chi connectivity index (χ0n) is 11.5. The molecule has 20 heavy (non-hydrogen) atoms. The summed E-state index contributed by atoms with van der Waals surface area (Å²) >= 11 is 0. The van der Waals surface area contributed by atoms with Crippen molar-refractivity contribution in [3.8, 4) is 0 Å². The van der Waals surface area contributed by atoms with Crippen LogP contribution in [0.3, 0.4) is 0 Å². The molecule has 1 aliphatic carbocycles. The first-order chi connectivity index (χ1) is 9.12. The molecule has 1 aliphatic rings. The molecule has 1 N–H and O–H groups in total. The van der Waals surface area contributed by atoms with Crippen molar-refractivity contribution in [2.24, 2.45) is 11.8 Å². The first-order valence-corrected chi connectivity index (χ1v) is 6.71. The Balaban J connectivity index is 2.42. The summed E-state index contributed by atoms with van der Waals surface area (Å²) in [6.07, 6.45) is -3.00. The Morgan fingerprint density at radius 3 is 2.20 bits per heavy atom. The van der Waals surface area contributed by atoms with Gasteiger partial charge in [-0.15, -0.1) is 0 Å². The predicted octanol–water partition coefficient (Wildman–Crippen LogP) is 4.49. The number of alkyl halides is 3. The van der Waals surface area contributed by atoms with E-state index in [1.807, 2.05) is 13.8 Å². The zero-order valence-corrected chi connectivity index (χ0v) is 11.5. The fourth-order valence-corrected chi connectivity index (χ4v) is 3.36. The molecule has 0 heterocycles. The Morgan fingerprint density at radius 2 is 1.70 bits per heavy atom. The smallest absolute Gasteiger partial charge is 0.385 e. The van der Waals surface area contributed by atoms with Crippen molar-refractivity contribution < 1.29 is 22.7 Å². The first kappa shape index (κ1) is 15.3. The van der Waals surface area contributed by atoms with Gasteiger partial charge in [0, 0.05) is 0 Å². The zero-order chi connectivity index (χ0) is 15.1. The molecule has 1 nitrogen and oxygen atoms in total. The number of rotatable bonds is 1. The molecular formula is C15H18F4O. The van der Waals surface area contributed by atoms with Crippen LogP contribution in [0.1, 0.15) is 44.2 Å². The van der Waals surface area contributed by atoms with Gasteiger partial charge in [0.1, 0.15) is 5.82 Å². The Morgan fingerprint density at radius 1 is 1.15 bits per heavy atom. The molecule has 0 bridgehead atoms. The molecule has 1 saturated carbocycles. The molecule has 0 spiro atoms. The summed E-state index contributed by atoms with van der Waals surface area (Å²) in [5.41, 5.74) is -2.45. The summed E-state index contributed by atoms with van der Waals surface area (Å²) in [5.74, 6) is -0.854. The lowest BCUT2D eigenvalue weighted by atomic mass is 9.70. The topological polar surface area (TPSA) is 20.2 Å². The normalized spacial score (nSPS) is 31.4. The average Bonchev–Trinajstić information content (AvgIpc) is 2.25. The summed E-state index contributed by atoms with van der Waals surface area (Å²) in [6.45, 7) is 3.93. The fraction of sp³-hybridized carbons (Fsp3) is 0.600. The summed E-state index contributed by atoms with van der Waals surface area (Å²) in [7, 11) is 0. The molecule has 2 rings (SSSR count). The number of benzene rings is 1. The van der Waals surface area contributed by atoms with Gasteiger partial charge in [0.2, 0.25) is 0 Å². The Bertz CT molecular complexity index is 485. The van der Waals surface area contributed by atoms with E-state index < -0.39 is 23.2 Å². The first-order valence-electron chi connectivity index (χ1n) is 6.71. The number of halogens is 4. The number of hydrogen-bond acceptors (Lipinski definition) is 1. The lowest BCUT2D eigenvalue weighted by molar-refractivity contribution is -0.140. The van der Waals surface area contributed by atoms with E-state index in [9.17, 15) is 22.7 Å². The third kappa shape index (κ3) is 2.97. The van der Waals surface area contributed by atoms with Gasteiger partial charge in [0.25, 0.3) is 0 Å². The monoisotopic (exact) mass is 290 g/mol. The van der Waals surface area contributed by atoms with E-state index in [0.29, 0.717) is 12.8 Å². The maximum Gasteiger partial charge on any atom is 0.419 e. The largest absolute Gasteiger partial charge is 0.419 e. The SMILES string of the molecule is CC1CC(C)CC(O)(c2ccc(F)c(C(F)(F)F)c2)C1. The maximum atomic E-state index is 13.3. The molecular weight excluding hydrogens is 272 g/mol. The van der Waals surface area contributed by atoms with Gasteiger partial charge >= 0.3 is 6.18 Å². The van der Waals surface area contributed by atoms with E-state index >= 15 is 0 Å². The van der Waals surface area contributed by atoms with Crippen LogP contribution < -0.4 is 0 Å². The Labute approximate surface area is 115 Å². The highest BCUT2D eigenvalue weighted by atomic mass is 19.4. The van der Waals surface area contributed by atoms with E-state index in [0.717, 1.165) is 18.6 Å². The van der Waals surface area contributed by atoms with Crippen LogP contribution in [0.2, 0.25) is 0 Å². The minimum Gasteiger partial charge on any atom is -0.385 e. The second kappa shape index (κ2) is 5.02. The Hall–Kier alpha value is -1.10. The van der Waals surface area contributed by atoms with Gasteiger partial charge in [0.05, 0.1) is 11.2 Å². The molecule has 0 aliphatic heterocycles. The van der Waals surface area contributed by atoms with Crippen LogP contribution in [-0.2, 0) is 11.8 Å². The van der Waals surface area contributed by atoms with Crippen molar-refractivity contribution in [2.45, 2.75) is 44.9 Å². The third-order valence-electron chi connectivity index (χ3n) is 3.99. The molecule has 0 aromatic heterocycles. The minimum absolute atomic E-state index is 0.157. The number of aliphatic hydroxyl groups is 1. The Kier molecular flexibility index (Phi) is 3.84. The fourth-order valence-electron chi connectivity index (χ4n) is 3.36. The van der Waals surface area contributed by atoms with Crippen molar-refractivity contribution >= 4 is 0 Å². The van der Waals surface area contributed by atoms with Gasteiger partial charge in [-0.05, 0) is 48.8 Å². The minimum atomic E-state index is -4.75. The van der Waals surface area contributed by atoms with Gasteiger partial charge in [-0.25, -0.2) is 4.39 Å². The van der Waals surface area contributed by atoms with E-state index in [1.165, 1.54) is 6.07 Å². The standard InChI is InChI=1S/C15H18F4O/c1-9-5-10(2)8-14(20,7-9)11-3-4-13(16)12(6-11)15(17,18)19/h3-4,6,9-10,20H,5,7-8H2,1-2H3. The molecule has 1 fully saturated rings. The van der Waals surface area contributed by atoms with Gasteiger partial charge in [-0.2, -0.15) is 13.2 Å². The highest BCUT2D eigenvalue weighted by molar-refractivity contribution is 5.31. The molecule has 0 saturated heterocycles. The average molecular weight is 290 g/mol. The highest BCUT2D eigenvalue weighted by Gasteiger charge is 2.40. The maximum absolute atomic E-state index is 13.3. The van der Waals surface area contributed by atoms with Crippen LogP contribution in [0.15, 0.2) is 18.2 Å². The van der Waals surface area contributed by atoms with Crippen LogP contribution in [-0.4, -0.2) is 5.11 Å². The third-order valence-corrected chi connectivity index (χ3v) is 3.99. The second-order valence-corrected chi connectivity index (χ2v) is 6.08. The van der Waals surface area contributed by atoms with Gasteiger partial charge in [0.15, 0.2) is 0 Å². The predicted molar refractivity (Wildman–Crippen MR) is 67.5 cm³/mol. The van der Waals surface area contributed by atoms with Crippen molar-refractivity contribution in [1.29, 1.82) is 0 Å². The summed E-state index contributed by atoms with van der Waals surface area (Å²) < 4.78 is 51.6. The van der Waals surface area contributed by atoms with Crippen molar-refractivity contribution in [3.05, 3.63) is 35.1 Å². The second-order valence-electron chi connectivity index (χ2n) is 6.08. The van der Waals surface area contributed by atoms with Gasteiger partial charge in [-0.3, -0.25) is 0 Å². The lowest BCUT2D eigenvalue weighted by Crippen LogP contribution is -2.35. The molecule has 0 amide bonds. The van der Waals surface area contributed by atoms with E-state index in [1.54, 1.807) is 0 Å². The quantitative estimate of drug-likeness (QED) is 0.756. The summed E-state index contributed by atoms with van der Waals surface area (Å²) in [5, 5.41) is 10.7. The molecule has 2 atom stereocenters. The molecule has 1 aromatic rings. The molecule has 1 aromatic carbocycles. The van der Waals surface area contributed by atoms with Crippen molar-refractivity contribution in [2.75, 3.05) is 0 Å².